The van der Waals surface area contributed by atoms with Crippen LogP contribution in [0.5, 0.6) is 0 Å². The standard InChI is InChI=1S/C15H26N2O3/c1-5-15(4)14(19)17(11-6-8-20-9-7-11)12(10(2)3)13(18)16-15/h10-12H,5-9H2,1-4H3,(H,16,18). The molecule has 0 spiro atoms. The second-order valence-corrected chi connectivity index (χ2v) is 6.42. The van der Waals surface area contributed by atoms with E-state index in [0.29, 0.717) is 19.6 Å². The summed E-state index contributed by atoms with van der Waals surface area (Å²) in [5, 5.41) is 2.93. The van der Waals surface area contributed by atoms with Gasteiger partial charge in [-0.15, -0.1) is 0 Å². The van der Waals surface area contributed by atoms with Crippen molar-refractivity contribution in [1.29, 1.82) is 0 Å². The molecular weight excluding hydrogens is 256 g/mol. The zero-order chi connectivity index (χ0) is 14.9. The maximum Gasteiger partial charge on any atom is 0.248 e. The van der Waals surface area contributed by atoms with Crippen LogP contribution in [0.3, 0.4) is 0 Å². The van der Waals surface area contributed by atoms with Gasteiger partial charge in [0.1, 0.15) is 11.6 Å². The van der Waals surface area contributed by atoms with Crippen molar-refractivity contribution in [3.63, 3.8) is 0 Å². The third-order valence-electron chi connectivity index (χ3n) is 4.60. The molecule has 0 aromatic heterocycles. The molecule has 5 heteroatoms. The van der Waals surface area contributed by atoms with Gasteiger partial charge in [-0.25, -0.2) is 0 Å². The molecule has 2 fully saturated rings. The van der Waals surface area contributed by atoms with Crippen molar-refractivity contribution in [2.75, 3.05) is 13.2 Å². The predicted molar refractivity (Wildman–Crippen MR) is 76.2 cm³/mol. The Kier molecular flexibility index (Phi) is 4.37. The van der Waals surface area contributed by atoms with E-state index >= 15 is 0 Å². The number of hydrogen-bond acceptors (Lipinski definition) is 3. The third kappa shape index (κ3) is 2.55. The van der Waals surface area contributed by atoms with Crippen LogP contribution < -0.4 is 5.32 Å². The maximum absolute atomic E-state index is 12.9. The second kappa shape index (κ2) is 5.72. The average molecular weight is 282 g/mol. The molecule has 2 aliphatic heterocycles. The molecule has 0 aromatic carbocycles. The van der Waals surface area contributed by atoms with Crippen LogP contribution >= 0.6 is 0 Å². The van der Waals surface area contributed by atoms with Gasteiger partial charge in [0.2, 0.25) is 11.8 Å². The van der Waals surface area contributed by atoms with E-state index in [2.05, 4.69) is 5.32 Å². The summed E-state index contributed by atoms with van der Waals surface area (Å²) >= 11 is 0. The number of ether oxygens (including phenoxy) is 1. The average Bonchev–Trinajstić information content (AvgIpc) is 2.43. The van der Waals surface area contributed by atoms with E-state index in [4.69, 9.17) is 4.74 Å². The van der Waals surface area contributed by atoms with Crippen LogP contribution in [0.4, 0.5) is 0 Å². The number of amides is 2. The summed E-state index contributed by atoms with van der Waals surface area (Å²) in [5.74, 6) is 0.156. The number of nitrogens with one attached hydrogen (secondary N) is 1. The highest BCUT2D eigenvalue weighted by atomic mass is 16.5. The first-order chi connectivity index (χ1) is 9.40. The minimum atomic E-state index is -0.763. The molecule has 2 unspecified atom stereocenters. The molecular formula is C15H26N2O3. The molecule has 0 bridgehead atoms. The van der Waals surface area contributed by atoms with E-state index in [0.717, 1.165) is 12.8 Å². The summed E-state index contributed by atoms with van der Waals surface area (Å²) in [6.45, 7) is 9.11. The zero-order valence-electron chi connectivity index (χ0n) is 12.9. The lowest BCUT2D eigenvalue weighted by Gasteiger charge is -2.49. The van der Waals surface area contributed by atoms with Crippen LogP contribution in [-0.4, -0.2) is 47.6 Å². The molecule has 2 atom stereocenters. The van der Waals surface area contributed by atoms with Gasteiger partial charge in [0.25, 0.3) is 0 Å². The Morgan fingerprint density at radius 3 is 2.45 bits per heavy atom. The Bertz CT molecular complexity index is 391. The summed E-state index contributed by atoms with van der Waals surface area (Å²) in [4.78, 5) is 27.2. The van der Waals surface area contributed by atoms with Crippen molar-refractivity contribution >= 4 is 11.8 Å². The van der Waals surface area contributed by atoms with Gasteiger partial charge in [-0.3, -0.25) is 9.59 Å². The van der Waals surface area contributed by atoms with Gasteiger partial charge in [-0.2, -0.15) is 0 Å². The Hall–Kier alpha value is -1.10. The number of rotatable bonds is 3. The molecule has 0 saturated carbocycles. The maximum atomic E-state index is 12.9. The number of hydrogen-bond donors (Lipinski definition) is 1. The number of carbonyl (C=O) groups excluding carboxylic acids is 2. The molecule has 2 amide bonds. The summed E-state index contributed by atoms with van der Waals surface area (Å²) < 4.78 is 5.39. The van der Waals surface area contributed by atoms with Gasteiger partial charge < -0.3 is 15.0 Å². The first-order valence-corrected chi connectivity index (χ1v) is 7.63. The fourth-order valence-electron chi connectivity index (χ4n) is 3.16. The van der Waals surface area contributed by atoms with E-state index in [-0.39, 0.29) is 29.8 Å². The summed E-state index contributed by atoms with van der Waals surface area (Å²) in [6, 6.07) is -0.231. The van der Waals surface area contributed by atoms with E-state index < -0.39 is 5.54 Å². The van der Waals surface area contributed by atoms with Gasteiger partial charge in [-0.1, -0.05) is 20.8 Å². The number of nitrogens with zero attached hydrogens (tertiary/aromatic N) is 1. The van der Waals surface area contributed by atoms with Crippen LogP contribution in [0.2, 0.25) is 0 Å². The smallest absolute Gasteiger partial charge is 0.248 e. The first kappa shape index (κ1) is 15.3. The van der Waals surface area contributed by atoms with E-state index in [9.17, 15) is 9.59 Å². The second-order valence-electron chi connectivity index (χ2n) is 6.42. The molecule has 0 radical (unpaired) electrons. The summed E-state index contributed by atoms with van der Waals surface area (Å²) in [6.07, 6.45) is 2.26. The van der Waals surface area contributed by atoms with E-state index in [1.807, 2.05) is 32.6 Å². The van der Waals surface area contributed by atoms with Crippen LogP contribution in [0, 0.1) is 5.92 Å². The van der Waals surface area contributed by atoms with Crippen LogP contribution in [-0.2, 0) is 14.3 Å². The molecule has 2 saturated heterocycles. The minimum absolute atomic E-state index is 0.0181. The van der Waals surface area contributed by atoms with Gasteiger partial charge in [-0.05, 0) is 32.1 Å². The van der Waals surface area contributed by atoms with Crippen molar-refractivity contribution in [2.45, 2.75) is 64.6 Å². The highest BCUT2D eigenvalue weighted by Crippen LogP contribution is 2.30. The number of piperazine rings is 1. The highest BCUT2D eigenvalue weighted by molar-refractivity contribution is 5.99. The van der Waals surface area contributed by atoms with E-state index in [1.165, 1.54) is 0 Å². The Balaban J connectivity index is 2.33. The fourth-order valence-corrected chi connectivity index (χ4v) is 3.16. The monoisotopic (exact) mass is 282 g/mol. The van der Waals surface area contributed by atoms with Crippen molar-refractivity contribution in [2.24, 2.45) is 5.92 Å². The molecule has 1 N–H and O–H groups in total. The zero-order valence-corrected chi connectivity index (χ0v) is 12.9. The van der Waals surface area contributed by atoms with Gasteiger partial charge in [0.15, 0.2) is 0 Å². The quantitative estimate of drug-likeness (QED) is 0.849. The SMILES string of the molecule is CCC1(C)NC(=O)C(C(C)C)N(C2CCOCC2)C1=O. The number of carbonyl (C=O) groups is 2. The van der Waals surface area contributed by atoms with Crippen molar-refractivity contribution in [3.8, 4) is 0 Å². The normalized spacial score (nSPS) is 32.6. The first-order valence-electron chi connectivity index (χ1n) is 7.63. The van der Waals surface area contributed by atoms with E-state index in [1.54, 1.807) is 0 Å². The van der Waals surface area contributed by atoms with Gasteiger partial charge in [0, 0.05) is 19.3 Å². The summed E-state index contributed by atoms with van der Waals surface area (Å²) in [5.41, 5.74) is -0.763. The molecule has 0 aromatic rings. The van der Waals surface area contributed by atoms with Gasteiger partial charge >= 0.3 is 0 Å². The fraction of sp³-hybridized carbons (Fsp3) is 0.867. The van der Waals surface area contributed by atoms with Gasteiger partial charge in [0.05, 0.1) is 0 Å². The highest BCUT2D eigenvalue weighted by Gasteiger charge is 2.50. The predicted octanol–water partition coefficient (Wildman–Crippen LogP) is 1.32. The van der Waals surface area contributed by atoms with Crippen LogP contribution in [0.1, 0.15) is 47.0 Å². The van der Waals surface area contributed by atoms with Crippen molar-refractivity contribution in [1.82, 2.24) is 10.2 Å². The Labute approximate surface area is 121 Å². The molecule has 2 aliphatic rings. The molecule has 5 nitrogen and oxygen atoms in total. The molecule has 114 valence electrons. The summed E-state index contributed by atoms with van der Waals surface area (Å²) in [7, 11) is 0. The Morgan fingerprint density at radius 1 is 1.35 bits per heavy atom. The molecule has 0 aliphatic carbocycles. The molecule has 2 heterocycles. The third-order valence-corrected chi connectivity index (χ3v) is 4.60. The van der Waals surface area contributed by atoms with Crippen LogP contribution in [0.15, 0.2) is 0 Å². The van der Waals surface area contributed by atoms with Crippen molar-refractivity contribution < 1.29 is 14.3 Å². The molecule has 20 heavy (non-hydrogen) atoms. The lowest BCUT2D eigenvalue weighted by Crippen LogP contribution is -2.72. The Morgan fingerprint density at radius 2 is 1.95 bits per heavy atom. The lowest BCUT2D eigenvalue weighted by molar-refractivity contribution is -0.161. The minimum Gasteiger partial charge on any atom is -0.381 e. The largest absolute Gasteiger partial charge is 0.381 e. The molecule has 2 rings (SSSR count). The van der Waals surface area contributed by atoms with Crippen LogP contribution in [0.25, 0.3) is 0 Å². The lowest BCUT2D eigenvalue weighted by atomic mass is 9.86. The van der Waals surface area contributed by atoms with Crippen molar-refractivity contribution in [3.05, 3.63) is 0 Å². The topological polar surface area (TPSA) is 58.6 Å².